The van der Waals surface area contributed by atoms with E-state index < -0.39 is 11.6 Å². The quantitative estimate of drug-likeness (QED) is 0.535. The van der Waals surface area contributed by atoms with Crippen molar-refractivity contribution in [2.45, 2.75) is 6.92 Å². The normalized spacial score (nSPS) is 11.0. The van der Waals surface area contributed by atoms with Crippen LogP contribution < -0.4 is 5.63 Å². The van der Waals surface area contributed by atoms with Crippen LogP contribution >= 0.6 is 0 Å². The Balaban J connectivity index is 2.62. The molecule has 0 aliphatic carbocycles. The van der Waals surface area contributed by atoms with E-state index in [1.807, 2.05) is 30.3 Å². The Morgan fingerprint density at radius 2 is 1.89 bits per heavy atom. The van der Waals surface area contributed by atoms with Gasteiger partial charge in [0, 0.05) is 5.39 Å². The van der Waals surface area contributed by atoms with E-state index in [1.165, 1.54) is 0 Å². The lowest BCUT2D eigenvalue weighted by Crippen LogP contribution is -2.15. The van der Waals surface area contributed by atoms with Crippen molar-refractivity contribution in [3.63, 3.8) is 0 Å². The molecule has 4 heteroatoms. The summed E-state index contributed by atoms with van der Waals surface area (Å²) in [5.74, 6) is -1.26. The predicted molar refractivity (Wildman–Crippen MR) is 71.7 cm³/mol. The molecule has 94 valence electrons. The van der Waals surface area contributed by atoms with Gasteiger partial charge in [-0.25, -0.2) is 9.59 Å². The van der Waals surface area contributed by atoms with Crippen LogP contribution in [-0.2, 0) is 0 Å². The number of hydrogen-bond donors (Lipinski definition) is 1. The average molecular weight is 254 g/mol. The van der Waals surface area contributed by atoms with Crippen molar-refractivity contribution >= 4 is 27.7 Å². The zero-order valence-corrected chi connectivity index (χ0v) is 10.1. The number of carboxylic acids is 1. The van der Waals surface area contributed by atoms with Crippen LogP contribution in [0.25, 0.3) is 21.7 Å². The maximum Gasteiger partial charge on any atom is 0.351 e. The highest BCUT2D eigenvalue weighted by Crippen LogP contribution is 2.28. The van der Waals surface area contributed by atoms with Crippen LogP contribution in [0.15, 0.2) is 45.6 Å². The highest BCUT2D eigenvalue weighted by atomic mass is 16.4. The van der Waals surface area contributed by atoms with Crippen LogP contribution in [0.1, 0.15) is 15.9 Å². The predicted octanol–water partition coefficient (Wildman–Crippen LogP) is 2.95. The minimum Gasteiger partial charge on any atom is -0.477 e. The van der Waals surface area contributed by atoms with Crippen LogP contribution in [0.3, 0.4) is 0 Å². The Morgan fingerprint density at radius 1 is 1.16 bits per heavy atom. The number of carbonyl (C=O) groups is 1. The van der Waals surface area contributed by atoms with Gasteiger partial charge in [-0.1, -0.05) is 30.3 Å². The van der Waals surface area contributed by atoms with Gasteiger partial charge in [0.2, 0.25) is 0 Å². The van der Waals surface area contributed by atoms with Crippen LogP contribution in [0.5, 0.6) is 0 Å². The summed E-state index contributed by atoms with van der Waals surface area (Å²) in [7, 11) is 0. The summed E-state index contributed by atoms with van der Waals surface area (Å²) in [6, 6.07) is 11.1. The van der Waals surface area contributed by atoms with E-state index in [2.05, 4.69) is 0 Å². The van der Waals surface area contributed by atoms with Gasteiger partial charge >= 0.3 is 11.6 Å². The molecule has 0 aliphatic rings. The minimum absolute atomic E-state index is 0.302. The molecule has 0 unspecified atom stereocenters. The molecule has 0 saturated heterocycles. The molecule has 3 aromatic rings. The van der Waals surface area contributed by atoms with Gasteiger partial charge in [-0.15, -0.1) is 0 Å². The number of fused-ring (bicyclic) bond motifs is 3. The number of rotatable bonds is 1. The molecular weight excluding hydrogens is 244 g/mol. The molecule has 0 amide bonds. The molecule has 0 atom stereocenters. The van der Waals surface area contributed by atoms with E-state index in [-0.39, 0.29) is 5.56 Å². The lowest BCUT2D eigenvalue weighted by molar-refractivity contribution is 0.0692. The Kier molecular flexibility index (Phi) is 2.38. The number of aryl methyl sites for hydroxylation is 1. The number of aromatic carboxylic acids is 1. The van der Waals surface area contributed by atoms with Crippen LogP contribution in [0.4, 0.5) is 0 Å². The third-order valence-electron chi connectivity index (χ3n) is 3.26. The second-order valence-corrected chi connectivity index (χ2v) is 4.35. The third kappa shape index (κ3) is 1.61. The molecule has 2 aromatic carbocycles. The van der Waals surface area contributed by atoms with Crippen LogP contribution in [-0.4, -0.2) is 11.1 Å². The highest BCUT2D eigenvalue weighted by Gasteiger charge is 2.18. The van der Waals surface area contributed by atoms with Crippen molar-refractivity contribution < 1.29 is 14.3 Å². The SMILES string of the molecule is Cc1c(C(=O)O)c(=O)oc2ccc3ccccc3c12. The van der Waals surface area contributed by atoms with Gasteiger partial charge in [-0.2, -0.15) is 0 Å². The maximum absolute atomic E-state index is 11.7. The van der Waals surface area contributed by atoms with E-state index in [0.29, 0.717) is 16.5 Å². The van der Waals surface area contributed by atoms with Crippen molar-refractivity contribution in [1.29, 1.82) is 0 Å². The van der Waals surface area contributed by atoms with E-state index in [9.17, 15) is 9.59 Å². The topological polar surface area (TPSA) is 67.5 Å². The van der Waals surface area contributed by atoms with Gasteiger partial charge in [0.25, 0.3) is 0 Å². The molecule has 19 heavy (non-hydrogen) atoms. The summed E-state index contributed by atoms with van der Waals surface area (Å²) in [6.45, 7) is 1.63. The summed E-state index contributed by atoms with van der Waals surface area (Å²) in [5.41, 5.74) is -0.265. The standard InChI is InChI=1S/C15H10O4/c1-8-12-10-5-3-2-4-9(10)6-7-11(12)19-15(18)13(8)14(16)17/h2-7H,1H3,(H,16,17). The molecule has 0 spiro atoms. The fourth-order valence-electron chi connectivity index (χ4n) is 2.40. The van der Waals surface area contributed by atoms with E-state index in [0.717, 1.165) is 10.8 Å². The summed E-state index contributed by atoms with van der Waals surface area (Å²) in [4.78, 5) is 22.8. The van der Waals surface area contributed by atoms with Crippen LogP contribution in [0.2, 0.25) is 0 Å². The smallest absolute Gasteiger partial charge is 0.351 e. The van der Waals surface area contributed by atoms with Crippen molar-refractivity contribution in [1.82, 2.24) is 0 Å². The Hall–Kier alpha value is -2.62. The van der Waals surface area contributed by atoms with Gasteiger partial charge in [-0.3, -0.25) is 0 Å². The minimum atomic E-state index is -1.26. The fourth-order valence-corrected chi connectivity index (χ4v) is 2.40. The number of hydrogen-bond acceptors (Lipinski definition) is 3. The highest BCUT2D eigenvalue weighted by molar-refractivity contribution is 6.09. The van der Waals surface area contributed by atoms with Crippen molar-refractivity contribution in [2.75, 3.05) is 0 Å². The molecular formula is C15H10O4. The first-order valence-corrected chi connectivity index (χ1v) is 5.78. The molecule has 0 bridgehead atoms. The molecule has 1 aromatic heterocycles. The summed E-state index contributed by atoms with van der Waals surface area (Å²) < 4.78 is 5.11. The second kappa shape index (κ2) is 3.95. The molecule has 1 heterocycles. The van der Waals surface area contributed by atoms with E-state index in [1.54, 1.807) is 13.0 Å². The Labute approximate surface area is 107 Å². The molecule has 0 aliphatic heterocycles. The van der Waals surface area contributed by atoms with Crippen molar-refractivity contribution in [3.05, 3.63) is 57.9 Å². The molecule has 0 radical (unpaired) electrons. The lowest BCUT2D eigenvalue weighted by Gasteiger charge is -2.07. The zero-order valence-electron chi connectivity index (χ0n) is 10.1. The fraction of sp³-hybridized carbons (Fsp3) is 0.0667. The molecule has 1 N–H and O–H groups in total. The Morgan fingerprint density at radius 3 is 2.63 bits per heavy atom. The van der Waals surface area contributed by atoms with Gasteiger partial charge in [-0.05, 0) is 29.3 Å². The molecule has 0 fully saturated rings. The molecule has 4 nitrogen and oxygen atoms in total. The van der Waals surface area contributed by atoms with Gasteiger partial charge < -0.3 is 9.52 Å². The zero-order chi connectivity index (χ0) is 13.6. The van der Waals surface area contributed by atoms with Crippen molar-refractivity contribution in [2.24, 2.45) is 0 Å². The number of carboxylic acid groups (broad SMARTS) is 1. The Bertz CT molecular complexity index is 874. The first-order valence-electron chi connectivity index (χ1n) is 5.78. The molecule has 3 rings (SSSR count). The third-order valence-corrected chi connectivity index (χ3v) is 3.26. The summed E-state index contributed by atoms with van der Waals surface area (Å²) in [5, 5.41) is 11.6. The monoisotopic (exact) mass is 254 g/mol. The summed E-state index contributed by atoms with van der Waals surface area (Å²) in [6.07, 6.45) is 0. The number of benzene rings is 2. The van der Waals surface area contributed by atoms with E-state index >= 15 is 0 Å². The maximum atomic E-state index is 11.7. The molecule has 0 saturated carbocycles. The van der Waals surface area contributed by atoms with Crippen molar-refractivity contribution in [3.8, 4) is 0 Å². The average Bonchev–Trinajstić information content (AvgIpc) is 2.37. The lowest BCUT2D eigenvalue weighted by atomic mass is 10.00. The van der Waals surface area contributed by atoms with Gasteiger partial charge in [0.05, 0.1) is 0 Å². The first-order chi connectivity index (χ1) is 9.09. The second-order valence-electron chi connectivity index (χ2n) is 4.35. The van der Waals surface area contributed by atoms with Gasteiger partial charge in [0.1, 0.15) is 11.1 Å². The van der Waals surface area contributed by atoms with Gasteiger partial charge in [0.15, 0.2) is 0 Å². The first kappa shape index (κ1) is 11.5. The van der Waals surface area contributed by atoms with E-state index in [4.69, 9.17) is 9.52 Å². The largest absolute Gasteiger partial charge is 0.477 e. The summed E-state index contributed by atoms with van der Waals surface area (Å²) >= 11 is 0. The van der Waals surface area contributed by atoms with Crippen LogP contribution in [0, 0.1) is 6.92 Å².